The summed E-state index contributed by atoms with van der Waals surface area (Å²) in [5, 5.41) is 0.669. The molecule has 0 saturated carbocycles. The molecule has 0 spiro atoms. The topological polar surface area (TPSA) is 39.2 Å². The Morgan fingerprint density at radius 2 is 2.14 bits per heavy atom. The van der Waals surface area contributed by atoms with Crippen molar-refractivity contribution in [2.45, 2.75) is 6.54 Å². The quantitative estimate of drug-likeness (QED) is 0.822. The van der Waals surface area contributed by atoms with Crippen LogP contribution in [0.15, 0.2) is 41.0 Å². The summed E-state index contributed by atoms with van der Waals surface area (Å²) in [6.45, 7) is 0.498. The van der Waals surface area contributed by atoms with Crippen molar-refractivity contribution in [3.05, 3.63) is 47.2 Å². The van der Waals surface area contributed by atoms with Crippen LogP contribution >= 0.6 is 11.6 Å². The van der Waals surface area contributed by atoms with Gasteiger partial charge >= 0.3 is 0 Å². The van der Waals surface area contributed by atoms with Gasteiger partial charge in [0.05, 0.1) is 11.3 Å². The summed E-state index contributed by atoms with van der Waals surface area (Å²) in [4.78, 5) is 0. The Hall–Kier alpha value is -1.25. The van der Waals surface area contributed by atoms with E-state index in [4.69, 9.17) is 21.8 Å². The summed E-state index contributed by atoms with van der Waals surface area (Å²) in [6, 6.07) is 9.44. The van der Waals surface area contributed by atoms with E-state index >= 15 is 0 Å². The van der Waals surface area contributed by atoms with Crippen LogP contribution in [0.4, 0.5) is 0 Å². The van der Waals surface area contributed by atoms with Crippen LogP contribution in [0.2, 0.25) is 5.02 Å². The van der Waals surface area contributed by atoms with Gasteiger partial charge in [0.1, 0.15) is 5.76 Å². The molecule has 1 aromatic carbocycles. The smallest absolute Gasteiger partial charge is 0.135 e. The van der Waals surface area contributed by atoms with Gasteiger partial charge in [-0.25, -0.2) is 0 Å². The largest absolute Gasteiger partial charge is 0.464 e. The molecule has 2 nitrogen and oxygen atoms in total. The number of nitrogens with two attached hydrogens (primary N) is 1. The summed E-state index contributed by atoms with van der Waals surface area (Å²) in [5.41, 5.74) is 7.42. The molecule has 0 radical (unpaired) electrons. The van der Waals surface area contributed by atoms with E-state index in [1.165, 1.54) is 0 Å². The standard InChI is InChI=1S/C11H10ClNO/c12-10-6-8(7-13)3-4-9(10)11-2-1-5-14-11/h1-6H,7,13H2. The highest BCUT2D eigenvalue weighted by Crippen LogP contribution is 2.28. The van der Waals surface area contributed by atoms with Gasteiger partial charge < -0.3 is 10.2 Å². The first-order valence-corrected chi connectivity index (χ1v) is 4.71. The number of rotatable bonds is 2. The van der Waals surface area contributed by atoms with E-state index < -0.39 is 0 Å². The second kappa shape index (κ2) is 3.86. The molecule has 72 valence electrons. The summed E-state index contributed by atoms with van der Waals surface area (Å²) in [7, 11) is 0. The fraction of sp³-hybridized carbons (Fsp3) is 0.0909. The number of hydrogen-bond acceptors (Lipinski definition) is 2. The van der Waals surface area contributed by atoms with Crippen molar-refractivity contribution in [2.24, 2.45) is 5.73 Å². The molecule has 0 amide bonds. The third-order valence-electron chi connectivity index (χ3n) is 2.06. The second-order valence-corrected chi connectivity index (χ2v) is 3.40. The Balaban J connectivity index is 2.46. The average molecular weight is 208 g/mol. The maximum Gasteiger partial charge on any atom is 0.135 e. The number of furan rings is 1. The third-order valence-corrected chi connectivity index (χ3v) is 2.37. The molecule has 1 heterocycles. The Morgan fingerprint density at radius 3 is 2.71 bits per heavy atom. The zero-order valence-corrected chi connectivity index (χ0v) is 8.29. The van der Waals surface area contributed by atoms with E-state index in [1.807, 2.05) is 30.3 Å². The van der Waals surface area contributed by atoms with Gasteiger partial charge in [0.25, 0.3) is 0 Å². The van der Waals surface area contributed by atoms with Crippen molar-refractivity contribution in [1.29, 1.82) is 0 Å². The van der Waals surface area contributed by atoms with Gasteiger partial charge in [-0.15, -0.1) is 0 Å². The van der Waals surface area contributed by atoms with E-state index in [0.29, 0.717) is 11.6 Å². The zero-order chi connectivity index (χ0) is 9.97. The lowest BCUT2D eigenvalue weighted by molar-refractivity contribution is 0.582. The molecular weight excluding hydrogens is 198 g/mol. The normalized spacial score (nSPS) is 10.4. The van der Waals surface area contributed by atoms with Crippen molar-refractivity contribution in [3.63, 3.8) is 0 Å². The third kappa shape index (κ3) is 1.67. The predicted molar refractivity (Wildman–Crippen MR) is 57.0 cm³/mol. The van der Waals surface area contributed by atoms with Crippen LogP contribution in [-0.2, 0) is 6.54 Å². The van der Waals surface area contributed by atoms with Gasteiger partial charge in [0.15, 0.2) is 0 Å². The molecule has 0 aliphatic heterocycles. The van der Waals surface area contributed by atoms with Crippen LogP contribution in [0, 0.1) is 0 Å². The number of halogens is 1. The average Bonchev–Trinajstić information content (AvgIpc) is 2.70. The van der Waals surface area contributed by atoms with Crippen LogP contribution in [0.1, 0.15) is 5.56 Å². The Morgan fingerprint density at radius 1 is 1.29 bits per heavy atom. The highest BCUT2D eigenvalue weighted by atomic mass is 35.5. The highest BCUT2D eigenvalue weighted by molar-refractivity contribution is 6.33. The van der Waals surface area contributed by atoms with Crippen LogP contribution in [0.5, 0.6) is 0 Å². The van der Waals surface area contributed by atoms with Crippen LogP contribution in [0.25, 0.3) is 11.3 Å². The summed E-state index contributed by atoms with van der Waals surface area (Å²) < 4.78 is 5.26. The SMILES string of the molecule is NCc1ccc(-c2ccco2)c(Cl)c1. The molecule has 2 rings (SSSR count). The summed E-state index contributed by atoms with van der Waals surface area (Å²) in [5.74, 6) is 0.776. The lowest BCUT2D eigenvalue weighted by Crippen LogP contribution is -1.95. The van der Waals surface area contributed by atoms with E-state index in [0.717, 1.165) is 16.9 Å². The molecule has 0 bridgehead atoms. The van der Waals surface area contributed by atoms with Gasteiger partial charge in [0, 0.05) is 12.1 Å². The van der Waals surface area contributed by atoms with E-state index in [-0.39, 0.29) is 0 Å². The molecule has 0 aliphatic carbocycles. The minimum Gasteiger partial charge on any atom is -0.464 e. The van der Waals surface area contributed by atoms with E-state index in [1.54, 1.807) is 6.26 Å². The van der Waals surface area contributed by atoms with Crippen LogP contribution in [0.3, 0.4) is 0 Å². The van der Waals surface area contributed by atoms with Gasteiger partial charge in [-0.2, -0.15) is 0 Å². The summed E-state index contributed by atoms with van der Waals surface area (Å²) >= 11 is 6.08. The molecule has 0 saturated heterocycles. The maximum atomic E-state index is 6.08. The number of benzene rings is 1. The Bertz CT molecular complexity index is 423. The zero-order valence-electron chi connectivity index (χ0n) is 7.53. The van der Waals surface area contributed by atoms with Crippen molar-refractivity contribution < 1.29 is 4.42 Å². The first-order chi connectivity index (χ1) is 6.81. The lowest BCUT2D eigenvalue weighted by atomic mass is 10.1. The van der Waals surface area contributed by atoms with Gasteiger partial charge in [-0.1, -0.05) is 17.7 Å². The molecule has 0 unspecified atom stereocenters. The van der Waals surface area contributed by atoms with Crippen molar-refractivity contribution >= 4 is 11.6 Å². The second-order valence-electron chi connectivity index (χ2n) is 3.00. The lowest BCUT2D eigenvalue weighted by Gasteiger charge is -2.02. The van der Waals surface area contributed by atoms with Crippen molar-refractivity contribution in [3.8, 4) is 11.3 Å². The fourth-order valence-corrected chi connectivity index (χ4v) is 1.61. The molecule has 14 heavy (non-hydrogen) atoms. The van der Waals surface area contributed by atoms with Crippen molar-refractivity contribution in [2.75, 3.05) is 0 Å². The molecule has 2 N–H and O–H groups in total. The first-order valence-electron chi connectivity index (χ1n) is 4.33. The highest BCUT2D eigenvalue weighted by Gasteiger charge is 2.05. The molecule has 2 aromatic rings. The van der Waals surface area contributed by atoms with Crippen LogP contribution in [-0.4, -0.2) is 0 Å². The minimum atomic E-state index is 0.498. The predicted octanol–water partition coefficient (Wildman–Crippen LogP) is 3.06. The molecule has 0 fully saturated rings. The molecule has 1 aromatic heterocycles. The fourth-order valence-electron chi connectivity index (χ4n) is 1.32. The molecular formula is C11H10ClNO. The monoisotopic (exact) mass is 207 g/mol. The first kappa shape index (κ1) is 9.31. The van der Waals surface area contributed by atoms with Crippen LogP contribution < -0.4 is 5.73 Å². The van der Waals surface area contributed by atoms with E-state index in [2.05, 4.69) is 0 Å². The molecule has 0 atom stereocenters. The molecule has 0 aliphatic rings. The Kier molecular flexibility index (Phi) is 2.57. The molecule has 3 heteroatoms. The van der Waals surface area contributed by atoms with E-state index in [9.17, 15) is 0 Å². The van der Waals surface area contributed by atoms with Gasteiger partial charge in [-0.3, -0.25) is 0 Å². The minimum absolute atomic E-state index is 0.498. The van der Waals surface area contributed by atoms with Gasteiger partial charge in [-0.05, 0) is 29.8 Å². The number of hydrogen-bond donors (Lipinski definition) is 1. The summed E-state index contributed by atoms with van der Waals surface area (Å²) in [6.07, 6.45) is 1.63. The maximum absolute atomic E-state index is 6.08. The Labute approximate surface area is 87.3 Å². The van der Waals surface area contributed by atoms with Gasteiger partial charge in [0.2, 0.25) is 0 Å². The van der Waals surface area contributed by atoms with Crippen molar-refractivity contribution in [1.82, 2.24) is 0 Å².